The third-order valence-corrected chi connectivity index (χ3v) is 3.37. The van der Waals surface area contributed by atoms with Crippen LogP contribution in [-0.2, 0) is 6.42 Å². The monoisotopic (exact) mass is 218 g/mol. The molecule has 0 aliphatic heterocycles. The summed E-state index contributed by atoms with van der Waals surface area (Å²) in [6, 6.07) is 8.59. The van der Waals surface area contributed by atoms with E-state index in [2.05, 4.69) is 45.0 Å². The van der Waals surface area contributed by atoms with E-state index in [1.54, 1.807) is 0 Å². The van der Waals surface area contributed by atoms with Gasteiger partial charge in [-0.2, -0.15) is 0 Å². The molecule has 1 aliphatic carbocycles. The Labute approximate surface area is 98.5 Å². The Morgan fingerprint density at radius 1 is 1.31 bits per heavy atom. The lowest BCUT2D eigenvalue weighted by atomic mass is 9.73. The smallest absolute Gasteiger partial charge is 0.0551 e. The summed E-state index contributed by atoms with van der Waals surface area (Å²) in [6.45, 7) is 6.56. The van der Waals surface area contributed by atoms with E-state index in [0.29, 0.717) is 5.92 Å². The summed E-state index contributed by atoms with van der Waals surface area (Å²) in [5.74, 6) is 0.591. The van der Waals surface area contributed by atoms with Crippen molar-refractivity contribution < 1.29 is 5.11 Å². The minimum absolute atomic E-state index is 0.154. The van der Waals surface area contributed by atoms with Crippen molar-refractivity contribution in [2.24, 2.45) is 5.41 Å². The molecule has 0 spiro atoms. The Kier molecular flexibility index (Phi) is 3.07. The fourth-order valence-corrected chi connectivity index (χ4v) is 2.69. The molecule has 0 fully saturated rings. The van der Waals surface area contributed by atoms with Crippen LogP contribution in [0.1, 0.15) is 50.7 Å². The molecule has 2 unspecified atom stereocenters. The maximum atomic E-state index is 10.0. The van der Waals surface area contributed by atoms with Gasteiger partial charge >= 0.3 is 0 Å². The fraction of sp³-hybridized carbons (Fsp3) is 0.600. The van der Waals surface area contributed by atoms with Crippen LogP contribution >= 0.6 is 0 Å². The maximum absolute atomic E-state index is 10.0. The van der Waals surface area contributed by atoms with Crippen molar-refractivity contribution in [3.8, 4) is 0 Å². The van der Waals surface area contributed by atoms with Crippen LogP contribution < -0.4 is 0 Å². The fourth-order valence-electron chi connectivity index (χ4n) is 2.69. The zero-order valence-corrected chi connectivity index (χ0v) is 10.5. The summed E-state index contributed by atoms with van der Waals surface area (Å²) in [4.78, 5) is 0. The summed E-state index contributed by atoms with van der Waals surface area (Å²) >= 11 is 0. The number of fused-ring (bicyclic) bond motifs is 1. The molecule has 0 radical (unpaired) electrons. The van der Waals surface area contributed by atoms with E-state index >= 15 is 0 Å². The van der Waals surface area contributed by atoms with Crippen molar-refractivity contribution in [1.82, 2.24) is 0 Å². The quantitative estimate of drug-likeness (QED) is 0.823. The molecule has 0 amide bonds. The van der Waals surface area contributed by atoms with E-state index in [-0.39, 0.29) is 11.5 Å². The van der Waals surface area contributed by atoms with Gasteiger partial charge in [-0.25, -0.2) is 0 Å². The Bertz CT molecular complexity index is 362. The molecule has 0 bridgehead atoms. The SMILES string of the molecule is CC(C)(C)CC(O)CC1Cc2ccccc21. The molecule has 2 atom stereocenters. The Morgan fingerprint density at radius 2 is 2.00 bits per heavy atom. The van der Waals surface area contributed by atoms with Gasteiger partial charge in [0.15, 0.2) is 0 Å². The molecule has 1 aromatic rings. The summed E-state index contributed by atoms with van der Waals surface area (Å²) < 4.78 is 0. The predicted octanol–water partition coefficient (Wildman–Crippen LogP) is 3.51. The molecule has 16 heavy (non-hydrogen) atoms. The lowest BCUT2D eigenvalue weighted by Gasteiger charge is -2.33. The Balaban J connectivity index is 1.90. The molecule has 1 heteroatoms. The molecular weight excluding hydrogens is 196 g/mol. The van der Waals surface area contributed by atoms with Crippen molar-refractivity contribution in [2.45, 2.75) is 52.1 Å². The van der Waals surface area contributed by atoms with Crippen LogP contribution in [0.15, 0.2) is 24.3 Å². The van der Waals surface area contributed by atoms with E-state index in [1.807, 2.05) is 0 Å². The van der Waals surface area contributed by atoms with Gasteiger partial charge < -0.3 is 5.11 Å². The molecular formula is C15H22O. The van der Waals surface area contributed by atoms with E-state index in [1.165, 1.54) is 11.1 Å². The van der Waals surface area contributed by atoms with Crippen molar-refractivity contribution >= 4 is 0 Å². The molecule has 1 nitrogen and oxygen atoms in total. The van der Waals surface area contributed by atoms with E-state index in [0.717, 1.165) is 19.3 Å². The van der Waals surface area contributed by atoms with Crippen LogP contribution in [-0.4, -0.2) is 11.2 Å². The molecule has 1 N–H and O–H groups in total. The van der Waals surface area contributed by atoms with Crippen molar-refractivity contribution in [3.63, 3.8) is 0 Å². The predicted molar refractivity (Wildman–Crippen MR) is 67.6 cm³/mol. The molecule has 88 valence electrons. The number of rotatable bonds is 3. The number of benzene rings is 1. The van der Waals surface area contributed by atoms with Crippen molar-refractivity contribution in [2.75, 3.05) is 0 Å². The van der Waals surface area contributed by atoms with Gasteiger partial charge in [-0.3, -0.25) is 0 Å². The van der Waals surface area contributed by atoms with E-state index in [4.69, 9.17) is 0 Å². The van der Waals surface area contributed by atoms with Crippen molar-refractivity contribution in [1.29, 1.82) is 0 Å². The minimum atomic E-state index is -0.154. The van der Waals surface area contributed by atoms with E-state index in [9.17, 15) is 5.11 Å². The van der Waals surface area contributed by atoms with Gasteiger partial charge in [-0.1, -0.05) is 45.0 Å². The van der Waals surface area contributed by atoms with Crippen LogP contribution in [0.5, 0.6) is 0 Å². The highest BCUT2D eigenvalue weighted by molar-refractivity contribution is 5.39. The largest absolute Gasteiger partial charge is 0.393 e. The van der Waals surface area contributed by atoms with Gasteiger partial charge in [0.25, 0.3) is 0 Å². The average Bonchev–Trinajstić information content (AvgIpc) is 2.11. The third-order valence-electron chi connectivity index (χ3n) is 3.37. The van der Waals surface area contributed by atoms with Gasteiger partial charge in [0.2, 0.25) is 0 Å². The number of aliphatic hydroxyl groups excluding tert-OH is 1. The van der Waals surface area contributed by atoms with Crippen LogP contribution in [0.2, 0.25) is 0 Å². The molecule has 0 saturated carbocycles. The van der Waals surface area contributed by atoms with Crippen molar-refractivity contribution in [3.05, 3.63) is 35.4 Å². The zero-order chi connectivity index (χ0) is 11.8. The summed E-state index contributed by atoms with van der Waals surface area (Å²) in [5.41, 5.74) is 3.15. The lowest BCUT2D eigenvalue weighted by molar-refractivity contribution is 0.103. The normalized spacial score (nSPS) is 21.1. The number of hydrogen-bond donors (Lipinski definition) is 1. The van der Waals surface area contributed by atoms with E-state index < -0.39 is 0 Å². The third kappa shape index (κ3) is 2.65. The van der Waals surface area contributed by atoms with Gasteiger partial charge in [0, 0.05) is 0 Å². The van der Waals surface area contributed by atoms with Gasteiger partial charge in [-0.05, 0) is 41.7 Å². The molecule has 0 heterocycles. The van der Waals surface area contributed by atoms with Gasteiger partial charge in [0.1, 0.15) is 0 Å². The topological polar surface area (TPSA) is 20.2 Å². The summed E-state index contributed by atoms with van der Waals surface area (Å²) in [5, 5.41) is 10.0. The van der Waals surface area contributed by atoms with Gasteiger partial charge in [-0.15, -0.1) is 0 Å². The minimum Gasteiger partial charge on any atom is -0.393 e. The second-order valence-corrected chi connectivity index (χ2v) is 6.25. The first-order valence-electron chi connectivity index (χ1n) is 6.21. The highest BCUT2D eigenvalue weighted by Crippen LogP contribution is 2.39. The van der Waals surface area contributed by atoms with Crippen LogP contribution in [0, 0.1) is 5.41 Å². The standard InChI is InChI=1S/C15H22O/c1-15(2,3)10-13(16)9-12-8-11-6-4-5-7-14(11)12/h4-7,12-13,16H,8-10H2,1-3H3. The molecule has 0 aromatic heterocycles. The molecule has 2 rings (SSSR count). The molecule has 0 saturated heterocycles. The second-order valence-electron chi connectivity index (χ2n) is 6.25. The average molecular weight is 218 g/mol. The van der Waals surface area contributed by atoms with Crippen LogP contribution in [0.4, 0.5) is 0 Å². The number of hydrogen-bond acceptors (Lipinski definition) is 1. The van der Waals surface area contributed by atoms with Gasteiger partial charge in [0.05, 0.1) is 6.10 Å². The first-order chi connectivity index (χ1) is 7.46. The highest BCUT2D eigenvalue weighted by atomic mass is 16.3. The first-order valence-corrected chi connectivity index (χ1v) is 6.21. The lowest BCUT2D eigenvalue weighted by Crippen LogP contribution is -2.25. The molecule has 1 aliphatic rings. The highest BCUT2D eigenvalue weighted by Gasteiger charge is 2.28. The zero-order valence-electron chi connectivity index (χ0n) is 10.5. The molecule has 1 aromatic carbocycles. The Hall–Kier alpha value is -0.820. The summed E-state index contributed by atoms with van der Waals surface area (Å²) in [6.07, 6.45) is 2.82. The summed E-state index contributed by atoms with van der Waals surface area (Å²) in [7, 11) is 0. The van der Waals surface area contributed by atoms with Crippen LogP contribution in [0.25, 0.3) is 0 Å². The number of aliphatic hydroxyl groups is 1. The maximum Gasteiger partial charge on any atom is 0.0551 e. The van der Waals surface area contributed by atoms with Crippen LogP contribution in [0.3, 0.4) is 0 Å². The Morgan fingerprint density at radius 3 is 2.62 bits per heavy atom. The first kappa shape index (κ1) is 11.7. The second kappa shape index (κ2) is 4.21.